The highest BCUT2D eigenvalue weighted by Crippen LogP contribution is 2.22. The van der Waals surface area contributed by atoms with Gasteiger partial charge in [0.15, 0.2) is 5.65 Å². The topological polar surface area (TPSA) is 97.6 Å². The van der Waals surface area contributed by atoms with E-state index in [4.69, 9.17) is 0 Å². The highest BCUT2D eigenvalue weighted by molar-refractivity contribution is 6.04. The van der Waals surface area contributed by atoms with Crippen molar-refractivity contribution in [3.8, 4) is 0 Å². The number of rotatable bonds is 6. The Kier molecular flexibility index (Phi) is 5.68. The van der Waals surface area contributed by atoms with Crippen molar-refractivity contribution in [3.05, 3.63) is 77.9 Å². The van der Waals surface area contributed by atoms with Crippen molar-refractivity contribution in [1.29, 1.82) is 0 Å². The summed E-state index contributed by atoms with van der Waals surface area (Å²) < 4.78 is 1.69. The molecule has 162 valence electrons. The Morgan fingerprint density at radius 1 is 1.16 bits per heavy atom. The number of pyridine rings is 1. The summed E-state index contributed by atoms with van der Waals surface area (Å²) in [5.74, 6) is 0.446. The van der Waals surface area contributed by atoms with Crippen LogP contribution in [0.3, 0.4) is 0 Å². The molecular weight excluding hydrogens is 402 g/mol. The van der Waals surface area contributed by atoms with E-state index in [1.165, 1.54) is 0 Å². The highest BCUT2D eigenvalue weighted by Gasteiger charge is 2.13. The Bertz CT molecular complexity index is 1330. The van der Waals surface area contributed by atoms with E-state index in [0.29, 0.717) is 22.7 Å². The molecule has 8 heteroatoms. The summed E-state index contributed by atoms with van der Waals surface area (Å²) in [5.41, 5.74) is 6.28. The second-order valence-electron chi connectivity index (χ2n) is 7.85. The van der Waals surface area contributed by atoms with Gasteiger partial charge in [-0.1, -0.05) is 18.7 Å². The number of nitrogens with zero attached hydrogens (tertiary/aromatic N) is 5. The van der Waals surface area contributed by atoms with Gasteiger partial charge in [0, 0.05) is 18.9 Å². The molecule has 0 aliphatic rings. The molecule has 1 aromatic carbocycles. The number of amides is 1. The summed E-state index contributed by atoms with van der Waals surface area (Å²) in [6.45, 7) is 9.77. The molecule has 3 aromatic heterocycles. The molecule has 4 rings (SSSR count). The molecule has 4 aromatic rings. The van der Waals surface area contributed by atoms with Crippen molar-refractivity contribution >= 4 is 34.1 Å². The van der Waals surface area contributed by atoms with Crippen LogP contribution in [0.25, 0.3) is 16.7 Å². The number of nitrogens with one attached hydrogen (secondary N) is 2. The quantitative estimate of drug-likeness (QED) is 0.469. The molecule has 32 heavy (non-hydrogen) atoms. The molecule has 0 spiro atoms. The van der Waals surface area contributed by atoms with E-state index in [1.54, 1.807) is 23.3 Å². The van der Waals surface area contributed by atoms with Crippen LogP contribution in [0.1, 0.15) is 47.1 Å². The first kappa shape index (κ1) is 21.2. The van der Waals surface area contributed by atoms with Crippen LogP contribution in [0.5, 0.6) is 0 Å². The average molecular weight is 428 g/mol. The van der Waals surface area contributed by atoms with E-state index in [1.807, 2.05) is 58.2 Å². The molecule has 1 amide bonds. The maximum absolute atomic E-state index is 12.7. The predicted molar refractivity (Wildman–Crippen MR) is 126 cm³/mol. The van der Waals surface area contributed by atoms with Crippen LogP contribution < -0.4 is 10.6 Å². The Morgan fingerprint density at radius 2 is 1.97 bits per heavy atom. The van der Waals surface area contributed by atoms with E-state index >= 15 is 0 Å². The van der Waals surface area contributed by atoms with E-state index in [0.717, 1.165) is 27.9 Å². The number of allylic oxidation sites excluding steroid dienone is 1. The van der Waals surface area contributed by atoms with Gasteiger partial charge in [-0.3, -0.25) is 9.78 Å². The molecule has 0 radical (unpaired) electrons. The number of anilines is 2. The summed E-state index contributed by atoms with van der Waals surface area (Å²) in [6, 6.07) is 9.48. The monoisotopic (exact) mass is 427 g/mol. The molecule has 2 N–H and O–H groups in total. The van der Waals surface area contributed by atoms with Gasteiger partial charge in [-0.2, -0.15) is 5.10 Å². The third-order valence-electron chi connectivity index (χ3n) is 5.19. The van der Waals surface area contributed by atoms with Crippen LogP contribution in [0, 0.1) is 6.92 Å². The zero-order chi connectivity index (χ0) is 22.8. The molecule has 0 aliphatic heterocycles. The van der Waals surface area contributed by atoms with Crippen molar-refractivity contribution < 1.29 is 4.79 Å². The van der Waals surface area contributed by atoms with Gasteiger partial charge in [-0.15, -0.1) is 0 Å². The minimum absolute atomic E-state index is 0.0504. The first-order chi connectivity index (χ1) is 15.3. The summed E-state index contributed by atoms with van der Waals surface area (Å²) in [5, 5.41) is 10.5. The zero-order valence-electron chi connectivity index (χ0n) is 18.5. The lowest BCUT2D eigenvalue weighted by Crippen LogP contribution is -2.14. The van der Waals surface area contributed by atoms with Gasteiger partial charge in [-0.05, 0) is 55.7 Å². The van der Waals surface area contributed by atoms with Gasteiger partial charge >= 0.3 is 0 Å². The van der Waals surface area contributed by atoms with Crippen molar-refractivity contribution in [1.82, 2.24) is 24.7 Å². The molecule has 0 saturated heterocycles. The van der Waals surface area contributed by atoms with Crippen molar-refractivity contribution in [3.63, 3.8) is 0 Å². The van der Waals surface area contributed by atoms with Crippen LogP contribution in [0.2, 0.25) is 0 Å². The number of aromatic nitrogens is 5. The Labute approximate surface area is 186 Å². The number of carbonyl (C=O) groups is 1. The van der Waals surface area contributed by atoms with Gasteiger partial charge in [0.2, 0.25) is 0 Å². The minimum Gasteiger partial charge on any atom is -0.362 e. The molecule has 0 fully saturated rings. The lowest BCUT2D eigenvalue weighted by atomic mass is 10.1. The highest BCUT2D eigenvalue weighted by atomic mass is 16.1. The fourth-order valence-electron chi connectivity index (χ4n) is 3.52. The van der Waals surface area contributed by atoms with Crippen molar-refractivity contribution in [2.75, 3.05) is 10.6 Å². The Hall–Kier alpha value is -4.07. The zero-order valence-corrected chi connectivity index (χ0v) is 18.5. The Morgan fingerprint density at radius 3 is 2.72 bits per heavy atom. The molecule has 1 atom stereocenters. The number of carbonyl (C=O) groups excluding carboxylic acids is 1. The van der Waals surface area contributed by atoms with Gasteiger partial charge < -0.3 is 10.6 Å². The largest absolute Gasteiger partial charge is 0.362 e. The van der Waals surface area contributed by atoms with Gasteiger partial charge in [0.05, 0.1) is 29.7 Å². The van der Waals surface area contributed by atoms with Crippen molar-refractivity contribution in [2.45, 2.75) is 26.8 Å². The third-order valence-corrected chi connectivity index (χ3v) is 5.19. The number of aryl methyl sites for hydroxylation is 2. The molecule has 3 heterocycles. The average Bonchev–Trinajstić information content (AvgIpc) is 3.13. The fourth-order valence-corrected chi connectivity index (χ4v) is 3.52. The smallest absolute Gasteiger partial charge is 0.257 e. The van der Waals surface area contributed by atoms with E-state index in [-0.39, 0.29) is 11.9 Å². The van der Waals surface area contributed by atoms with Crippen LogP contribution in [-0.2, 0) is 7.05 Å². The standard InChI is InChI=1S/C24H25N7O/c1-14(2)22-15(3)9-18(11-26-22)24(32)29-19-8-6-7-17(10-19)16(4)28-21-13-25-20-12-27-31(5)23(20)30-21/h6-13,16H,1H2,2-5H3,(H,28,30)(H,29,32)/t16-/m0/s1. The molecule has 8 nitrogen and oxygen atoms in total. The van der Waals surface area contributed by atoms with Crippen LogP contribution in [-0.4, -0.2) is 30.6 Å². The van der Waals surface area contributed by atoms with Gasteiger partial charge in [-0.25, -0.2) is 14.6 Å². The summed E-state index contributed by atoms with van der Waals surface area (Å²) in [4.78, 5) is 26.1. The number of fused-ring (bicyclic) bond motifs is 1. The molecule has 0 bridgehead atoms. The van der Waals surface area contributed by atoms with Gasteiger partial charge in [0.1, 0.15) is 11.3 Å². The molecule has 0 saturated carbocycles. The van der Waals surface area contributed by atoms with Crippen LogP contribution in [0.15, 0.2) is 55.5 Å². The van der Waals surface area contributed by atoms with Crippen LogP contribution >= 0.6 is 0 Å². The normalized spacial score (nSPS) is 11.9. The number of hydrogen-bond donors (Lipinski definition) is 2. The second-order valence-corrected chi connectivity index (χ2v) is 7.85. The first-order valence-corrected chi connectivity index (χ1v) is 10.3. The maximum Gasteiger partial charge on any atom is 0.257 e. The molecule has 0 aliphatic carbocycles. The van der Waals surface area contributed by atoms with E-state index in [2.05, 4.69) is 37.3 Å². The molecule has 0 unspecified atom stereocenters. The number of benzene rings is 1. The van der Waals surface area contributed by atoms with E-state index < -0.39 is 0 Å². The fraction of sp³-hybridized carbons (Fsp3) is 0.208. The first-order valence-electron chi connectivity index (χ1n) is 10.3. The molecular formula is C24H25N7O. The maximum atomic E-state index is 12.7. The van der Waals surface area contributed by atoms with E-state index in [9.17, 15) is 4.79 Å². The third kappa shape index (κ3) is 4.34. The Balaban J connectivity index is 1.48. The summed E-state index contributed by atoms with van der Waals surface area (Å²) in [7, 11) is 1.83. The second kappa shape index (κ2) is 8.58. The van der Waals surface area contributed by atoms with Gasteiger partial charge in [0.25, 0.3) is 5.91 Å². The summed E-state index contributed by atoms with van der Waals surface area (Å²) in [6.07, 6.45) is 4.95. The predicted octanol–water partition coefficient (Wildman–Crippen LogP) is 4.53. The van der Waals surface area contributed by atoms with Crippen LogP contribution in [0.4, 0.5) is 11.5 Å². The lowest BCUT2D eigenvalue weighted by molar-refractivity contribution is 0.102. The SMILES string of the molecule is C=C(C)c1ncc(C(=O)Nc2cccc([C@H](C)Nc3cnc4cnn(C)c4n3)c2)cc1C. The lowest BCUT2D eigenvalue weighted by Gasteiger charge is -2.16. The van der Waals surface area contributed by atoms with Crippen molar-refractivity contribution in [2.24, 2.45) is 7.05 Å². The minimum atomic E-state index is -0.209. The summed E-state index contributed by atoms with van der Waals surface area (Å²) >= 11 is 0. The number of hydrogen-bond acceptors (Lipinski definition) is 6.